The number of nitrogens with one attached hydrogen (secondary N) is 1. The molecule has 0 spiro atoms. The zero-order chi connectivity index (χ0) is 17.7. The highest BCUT2D eigenvalue weighted by Gasteiger charge is 2.13. The second kappa shape index (κ2) is 6.96. The van der Waals surface area contributed by atoms with Crippen molar-refractivity contribution in [3.05, 3.63) is 73.8 Å². The summed E-state index contributed by atoms with van der Waals surface area (Å²) in [6.07, 6.45) is 1.28. The molecule has 0 aliphatic heterocycles. The topological polar surface area (TPSA) is 154 Å². The van der Waals surface area contributed by atoms with Gasteiger partial charge in [0.15, 0.2) is 0 Å². The molecule has 0 unspecified atom stereocenters. The Morgan fingerprint density at radius 3 is 2.25 bits per heavy atom. The number of nitrogens with zero attached hydrogens (tertiary/aromatic N) is 3. The molecular formula is C14H11N5O5. The molecule has 0 aliphatic carbocycles. The fourth-order valence-electron chi connectivity index (χ4n) is 1.78. The van der Waals surface area contributed by atoms with Crippen molar-refractivity contribution in [3.8, 4) is 0 Å². The van der Waals surface area contributed by atoms with Crippen molar-refractivity contribution in [2.75, 3.05) is 5.73 Å². The zero-order valence-electron chi connectivity index (χ0n) is 12.1. The van der Waals surface area contributed by atoms with E-state index in [-0.39, 0.29) is 22.6 Å². The summed E-state index contributed by atoms with van der Waals surface area (Å²) in [6, 6.07) is 9.00. The molecule has 0 heterocycles. The van der Waals surface area contributed by atoms with Crippen LogP contribution in [0.1, 0.15) is 15.9 Å². The molecule has 10 nitrogen and oxygen atoms in total. The van der Waals surface area contributed by atoms with Gasteiger partial charge in [0.05, 0.1) is 21.6 Å². The SMILES string of the molecule is Nc1cc(C(=O)N/N=C\c2ccc([N+](=O)[O-])cc2)cc([N+](=O)[O-])c1. The lowest BCUT2D eigenvalue weighted by Crippen LogP contribution is -2.18. The zero-order valence-corrected chi connectivity index (χ0v) is 12.1. The number of carbonyl (C=O) groups excluding carboxylic acids is 1. The van der Waals surface area contributed by atoms with Gasteiger partial charge in [-0.3, -0.25) is 25.0 Å². The number of nitrogen functional groups attached to an aromatic ring is 1. The van der Waals surface area contributed by atoms with Crippen molar-refractivity contribution in [2.45, 2.75) is 0 Å². The Labute approximate surface area is 134 Å². The van der Waals surface area contributed by atoms with E-state index in [1.807, 2.05) is 0 Å². The second-order valence-electron chi connectivity index (χ2n) is 4.62. The summed E-state index contributed by atoms with van der Waals surface area (Å²) in [5.41, 5.74) is 7.93. The molecule has 122 valence electrons. The van der Waals surface area contributed by atoms with E-state index < -0.39 is 15.8 Å². The molecule has 3 N–H and O–H groups in total. The number of anilines is 1. The lowest BCUT2D eigenvalue weighted by atomic mass is 10.1. The number of hydrogen-bond donors (Lipinski definition) is 2. The number of non-ortho nitro benzene ring substituents is 2. The van der Waals surface area contributed by atoms with Gasteiger partial charge < -0.3 is 5.73 Å². The Balaban J connectivity index is 2.07. The largest absolute Gasteiger partial charge is 0.399 e. The molecule has 0 saturated carbocycles. The molecule has 10 heteroatoms. The summed E-state index contributed by atoms with van der Waals surface area (Å²) in [4.78, 5) is 32.0. The quantitative estimate of drug-likeness (QED) is 0.369. The maximum Gasteiger partial charge on any atom is 0.272 e. The summed E-state index contributed by atoms with van der Waals surface area (Å²) in [6.45, 7) is 0. The van der Waals surface area contributed by atoms with Crippen LogP contribution in [0.2, 0.25) is 0 Å². The molecule has 0 radical (unpaired) electrons. The van der Waals surface area contributed by atoms with Crippen LogP contribution in [-0.2, 0) is 0 Å². The molecule has 0 aliphatic rings. The summed E-state index contributed by atoms with van der Waals surface area (Å²) in [5, 5.41) is 25.0. The molecule has 2 aromatic rings. The van der Waals surface area contributed by atoms with Crippen LogP contribution in [0.5, 0.6) is 0 Å². The van der Waals surface area contributed by atoms with Gasteiger partial charge in [-0.1, -0.05) is 0 Å². The van der Waals surface area contributed by atoms with Crippen LogP contribution in [-0.4, -0.2) is 22.0 Å². The van der Waals surface area contributed by atoms with E-state index in [1.54, 1.807) is 0 Å². The second-order valence-corrected chi connectivity index (χ2v) is 4.62. The van der Waals surface area contributed by atoms with Crippen molar-refractivity contribution < 1.29 is 14.6 Å². The number of nitro groups is 2. The van der Waals surface area contributed by atoms with Crippen molar-refractivity contribution in [3.63, 3.8) is 0 Å². The number of benzene rings is 2. The lowest BCUT2D eigenvalue weighted by molar-refractivity contribution is -0.385. The van der Waals surface area contributed by atoms with Gasteiger partial charge in [0, 0.05) is 30.0 Å². The third-order valence-electron chi connectivity index (χ3n) is 2.90. The Hall–Kier alpha value is -3.82. The average Bonchev–Trinajstić information content (AvgIpc) is 2.54. The number of hydrogen-bond acceptors (Lipinski definition) is 7. The van der Waals surface area contributed by atoms with Gasteiger partial charge >= 0.3 is 0 Å². The van der Waals surface area contributed by atoms with Crippen molar-refractivity contribution >= 4 is 29.2 Å². The highest BCUT2D eigenvalue weighted by atomic mass is 16.6. The predicted octanol–water partition coefficient (Wildman–Crippen LogP) is 1.85. The maximum absolute atomic E-state index is 11.9. The summed E-state index contributed by atoms with van der Waals surface area (Å²) in [5.74, 6) is -0.677. The summed E-state index contributed by atoms with van der Waals surface area (Å²) < 4.78 is 0. The molecule has 0 bridgehead atoms. The number of rotatable bonds is 5. The minimum atomic E-state index is -0.677. The first-order chi connectivity index (χ1) is 11.4. The Morgan fingerprint density at radius 2 is 1.67 bits per heavy atom. The van der Waals surface area contributed by atoms with Crippen LogP contribution in [0, 0.1) is 20.2 Å². The van der Waals surface area contributed by atoms with E-state index in [9.17, 15) is 25.0 Å². The monoisotopic (exact) mass is 329 g/mol. The molecule has 0 saturated heterocycles. The van der Waals surface area contributed by atoms with Gasteiger partial charge in [0.2, 0.25) is 0 Å². The van der Waals surface area contributed by atoms with Crippen LogP contribution in [0.4, 0.5) is 17.1 Å². The number of nitro benzene ring substituents is 2. The van der Waals surface area contributed by atoms with Crippen LogP contribution < -0.4 is 11.2 Å². The Bertz CT molecular complexity index is 832. The molecule has 0 fully saturated rings. The first kappa shape index (κ1) is 16.5. The molecule has 0 atom stereocenters. The third-order valence-corrected chi connectivity index (χ3v) is 2.90. The minimum absolute atomic E-state index is 0.0115. The highest BCUT2D eigenvalue weighted by Crippen LogP contribution is 2.18. The van der Waals surface area contributed by atoms with Gasteiger partial charge in [0.1, 0.15) is 0 Å². The fourth-order valence-corrected chi connectivity index (χ4v) is 1.78. The number of hydrazone groups is 1. The molecule has 2 rings (SSSR count). The number of amides is 1. The van der Waals surface area contributed by atoms with Crippen molar-refractivity contribution in [1.29, 1.82) is 0 Å². The van der Waals surface area contributed by atoms with E-state index in [0.717, 1.165) is 12.1 Å². The average molecular weight is 329 g/mol. The van der Waals surface area contributed by atoms with E-state index in [0.29, 0.717) is 5.56 Å². The van der Waals surface area contributed by atoms with E-state index in [4.69, 9.17) is 5.73 Å². The van der Waals surface area contributed by atoms with Gasteiger partial charge in [-0.15, -0.1) is 0 Å². The minimum Gasteiger partial charge on any atom is -0.399 e. The lowest BCUT2D eigenvalue weighted by Gasteiger charge is -2.02. The molecule has 0 aromatic heterocycles. The molecule has 2 aromatic carbocycles. The van der Waals surface area contributed by atoms with Crippen LogP contribution >= 0.6 is 0 Å². The van der Waals surface area contributed by atoms with Gasteiger partial charge in [0.25, 0.3) is 17.3 Å². The smallest absolute Gasteiger partial charge is 0.272 e. The van der Waals surface area contributed by atoms with Crippen LogP contribution in [0.25, 0.3) is 0 Å². The van der Waals surface area contributed by atoms with Crippen LogP contribution in [0.3, 0.4) is 0 Å². The number of nitrogens with two attached hydrogens (primary N) is 1. The molecule has 24 heavy (non-hydrogen) atoms. The van der Waals surface area contributed by atoms with Gasteiger partial charge in [-0.05, 0) is 23.8 Å². The van der Waals surface area contributed by atoms with Gasteiger partial charge in [-0.25, -0.2) is 5.43 Å². The standard InChI is InChI=1S/C14H11N5O5/c15-11-5-10(6-13(7-11)19(23)24)14(20)17-16-8-9-1-3-12(4-2-9)18(21)22/h1-8H,15H2,(H,17,20)/b16-8-. The fraction of sp³-hybridized carbons (Fsp3) is 0. The molecule has 1 amide bonds. The van der Waals surface area contributed by atoms with Crippen LogP contribution in [0.15, 0.2) is 47.6 Å². The van der Waals surface area contributed by atoms with Crippen molar-refractivity contribution in [1.82, 2.24) is 5.43 Å². The normalized spacial score (nSPS) is 10.5. The maximum atomic E-state index is 11.9. The first-order valence-corrected chi connectivity index (χ1v) is 6.49. The Kier molecular flexibility index (Phi) is 4.80. The number of carbonyl (C=O) groups is 1. The summed E-state index contributed by atoms with van der Waals surface area (Å²) in [7, 11) is 0. The van der Waals surface area contributed by atoms with E-state index in [2.05, 4.69) is 10.5 Å². The van der Waals surface area contributed by atoms with Gasteiger partial charge in [-0.2, -0.15) is 5.10 Å². The highest BCUT2D eigenvalue weighted by molar-refractivity contribution is 5.96. The summed E-state index contributed by atoms with van der Waals surface area (Å²) >= 11 is 0. The predicted molar refractivity (Wildman–Crippen MR) is 85.7 cm³/mol. The van der Waals surface area contributed by atoms with E-state index >= 15 is 0 Å². The Morgan fingerprint density at radius 1 is 1.04 bits per heavy atom. The van der Waals surface area contributed by atoms with E-state index in [1.165, 1.54) is 36.5 Å². The molecular weight excluding hydrogens is 318 g/mol. The first-order valence-electron chi connectivity index (χ1n) is 6.49. The third kappa shape index (κ3) is 4.10. The van der Waals surface area contributed by atoms with Crippen molar-refractivity contribution in [2.24, 2.45) is 5.10 Å².